The van der Waals surface area contributed by atoms with Gasteiger partial charge in [0, 0.05) is 38.8 Å². The van der Waals surface area contributed by atoms with Gasteiger partial charge in [-0.15, -0.1) is 9.32 Å². The van der Waals surface area contributed by atoms with Crippen LogP contribution >= 0.6 is 12.0 Å². The second-order valence-electron chi connectivity index (χ2n) is 13.7. The number of nitrogens with one attached hydrogen (secondary N) is 3. The summed E-state index contributed by atoms with van der Waals surface area (Å²) in [5, 5.41) is 5.46. The van der Waals surface area contributed by atoms with E-state index < -0.39 is 27.3 Å². The van der Waals surface area contributed by atoms with E-state index in [0.29, 0.717) is 21.7 Å². The number of nitrogens with two attached hydrogens (primary N) is 1. The third-order valence-electron chi connectivity index (χ3n) is 8.18. The van der Waals surface area contributed by atoms with Gasteiger partial charge in [0.05, 0.1) is 28.3 Å². The van der Waals surface area contributed by atoms with Crippen molar-refractivity contribution in [2.75, 3.05) is 10.6 Å². The Balaban J connectivity index is 0.000000232. The lowest BCUT2D eigenvalue weighted by atomic mass is 9.96. The van der Waals surface area contributed by atoms with Gasteiger partial charge in [-0.3, -0.25) is 14.4 Å². The monoisotopic (exact) mass is 836 g/mol. The Hall–Kier alpha value is -6.97. The van der Waals surface area contributed by atoms with Gasteiger partial charge < -0.3 is 10.6 Å². The van der Waals surface area contributed by atoms with Gasteiger partial charge >= 0.3 is 0 Å². The quantitative estimate of drug-likeness (QED) is 0.0485. The van der Waals surface area contributed by atoms with Crippen LogP contribution in [0.2, 0.25) is 0 Å². The number of sulfonamides is 1. The molecule has 6 rings (SSSR count). The predicted molar refractivity (Wildman–Crippen MR) is 234 cm³/mol. The molecule has 6 aromatic carbocycles. The van der Waals surface area contributed by atoms with E-state index in [2.05, 4.69) is 48.4 Å². The van der Waals surface area contributed by atoms with E-state index in [9.17, 15) is 22.8 Å². The lowest BCUT2D eigenvalue weighted by molar-refractivity contribution is -0.195. The fraction of sp³-hybridized carbons (Fsp3) is 0.0851. The Kier molecular flexibility index (Phi) is 15.6. The Morgan fingerprint density at radius 2 is 0.950 bits per heavy atom. The molecule has 0 saturated carbocycles. The van der Waals surface area contributed by atoms with Crippen molar-refractivity contribution < 1.29 is 32.1 Å². The van der Waals surface area contributed by atoms with Crippen LogP contribution in [0.25, 0.3) is 0 Å². The molecule has 302 valence electrons. The maximum atomic E-state index is 12.8. The van der Waals surface area contributed by atoms with E-state index in [1.54, 1.807) is 75.4 Å². The molecule has 0 fully saturated rings. The first-order valence-corrected chi connectivity index (χ1v) is 20.5. The van der Waals surface area contributed by atoms with Crippen molar-refractivity contribution in [1.82, 2.24) is 4.72 Å². The molecule has 0 aromatic heterocycles. The molecule has 0 spiro atoms. The molecule has 0 heterocycles. The Labute approximate surface area is 353 Å². The highest BCUT2D eigenvalue weighted by Crippen LogP contribution is 2.28. The maximum Gasteiger partial charge on any atom is 0.266 e. The van der Waals surface area contributed by atoms with Crippen LogP contribution in [0.3, 0.4) is 0 Å². The summed E-state index contributed by atoms with van der Waals surface area (Å²) < 4.78 is 32.2. The number of carbonyl (C=O) groups excluding carboxylic acids is 3. The van der Waals surface area contributed by atoms with Gasteiger partial charge in [0.25, 0.3) is 21.8 Å². The number of anilines is 2. The first kappa shape index (κ1) is 44.1. The maximum absolute atomic E-state index is 12.8. The van der Waals surface area contributed by atoms with Gasteiger partial charge in [0.2, 0.25) is 5.91 Å². The zero-order valence-corrected chi connectivity index (χ0v) is 34.4. The first-order valence-electron chi connectivity index (χ1n) is 18.2. The highest BCUT2D eigenvalue weighted by molar-refractivity contribution is 7.94. The first-order chi connectivity index (χ1) is 28.8. The van der Waals surface area contributed by atoms with E-state index >= 15 is 0 Å². The smallest absolute Gasteiger partial charge is 0.266 e. The normalized spacial score (nSPS) is 10.6. The summed E-state index contributed by atoms with van der Waals surface area (Å²) in [5.41, 5.74) is 4.04. The lowest BCUT2D eigenvalue weighted by Crippen LogP contribution is -2.39. The van der Waals surface area contributed by atoms with Crippen LogP contribution in [-0.4, -0.2) is 26.1 Å². The molecule has 0 saturated heterocycles. The highest BCUT2D eigenvalue weighted by atomic mass is 32.2. The van der Waals surface area contributed by atoms with Crippen LogP contribution < -0.4 is 21.3 Å². The number of benzene rings is 6. The number of rotatable bonds is 9. The van der Waals surface area contributed by atoms with Crippen molar-refractivity contribution >= 4 is 51.2 Å². The standard InChI is InChI=1S/C26H24N2O4S.C21H16N2O3S/c1-26(2,3)25(30)28-33(31,32)23-12-8-7-11-22(23)27-24(29)21-17-15-20(16-18-21)14-13-19-9-5-4-6-10-19;22-25-26-27-20-9-5-4-8-19(20)23-21(24)18-14-12-17(13-15-18)11-10-16-6-2-1-3-7-16/h4-12,15-18H,1-3H3,(H,27,29)(H,28,30);1-9,12-15H,22H2,(H,23,24). The van der Waals surface area contributed by atoms with E-state index in [1.165, 1.54) is 18.2 Å². The van der Waals surface area contributed by atoms with Crippen molar-refractivity contribution in [3.63, 3.8) is 0 Å². The highest BCUT2D eigenvalue weighted by Gasteiger charge is 2.28. The van der Waals surface area contributed by atoms with Crippen molar-refractivity contribution in [3.05, 3.63) is 191 Å². The van der Waals surface area contributed by atoms with Crippen molar-refractivity contribution in [2.24, 2.45) is 11.3 Å². The van der Waals surface area contributed by atoms with Gasteiger partial charge in [0.1, 0.15) is 4.90 Å². The fourth-order valence-corrected chi connectivity index (χ4v) is 6.75. The second-order valence-corrected chi connectivity index (χ2v) is 16.1. The Bertz CT molecular complexity index is 2660. The van der Waals surface area contributed by atoms with Gasteiger partial charge in [0.15, 0.2) is 0 Å². The summed E-state index contributed by atoms with van der Waals surface area (Å²) in [5.74, 6) is 15.7. The SMILES string of the molecule is CC(C)(C)C(=O)NS(=O)(=O)c1ccccc1NC(=O)c1ccc(C#Cc2ccccc2)cc1.NOOSc1ccccc1NC(=O)c1ccc(C#Cc2ccccc2)cc1. The summed E-state index contributed by atoms with van der Waals surface area (Å²) in [7, 11) is -4.17. The third-order valence-corrected chi connectivity index (χ3v) is 10.2. The average Bonchev–Trinajstić information content (AvgIpc) is 3.25. The van der Waals surface area contributed by atoms with E-state index in [4.69, 9.17) is 5.90 Å². The Morgan fingerprint density at radius 1 is 0.550 bits per heavy atom. The molecule has 60 heavy (non-hydrogen) atoms. The van der Waals surface area contributed by atoms with Gasteiger partial charge in [-0.05, 0) is 97.1 Å². The average molecular weight is 837 g/mol. The summed E-state index contributed by atoms with van der Waals surface area (Å²) in [4.78, 5) is 42.0. The van der Waals surface area contributed by atoms with Crippen LogP contribution in [0.4, 0.5) is 11.4 Å². The van der Waals surface area contributed by atoms with Crippen LogP contribution in [0.15, 0.2) is 168 Å². The summed E-state index contributed by atoms with van der Waals surface area (Å²) in [6.07, 6.45) is 0. The summed E-state index contributed by atoms with van der Waals surface area (Å²) >= 11 is 0.911. The minimum Gasteiger partial charge on any atom is -0.321 e. The molecule has 13 heteroatoms. The zero-order valence-electron chi connectivity index (χ0n) is 32.8. The molecule has 0 aliphatic heterocycles. The molecule has 0 aliphatic carbocycles. The van der Waals surface area contributed by atoms with E-state index in [1.807, 2.05) is 84.9 Å². The Morgan fingerprint density at radius 3 is 1.42 bits per heavy atom. The third kappa shape index (κ3) is 13.3. The fourth-order valence-electron chi connectivity index (χ4n) is 4.96. The summed E-state index contributed by atoms with van der Waals surface area (Å²) in [6.45, 7) is 4.83. The largest absolute Gasteiger partial charge is 0.321 e. The minimum atomic E-state index is -4.17. The van der Waals surface area contributed by atoms with Gasteiger partial charge in [-0.1, -0.05) is 105 Å². The van der Waals surface area contributed by atoms with Crippen molar-refractivity contribution in [3.8, 4) is 23.7 Å². The molecule has 0 radical (unpaired) electrons. The molecule has 0 bridgehead atoms. The molecule has 0 aliphatic rings. The molecule has 3 amide bonds. The minimum absolute atomic E-state index is 0.0738. The molecular formula is C47H40N4O7S2. The van der Waals surface area contributed by atoms with Gasteiger partial charge in [-0.25, -0.2) is 13.1 Å². The van der Waals surface area contributed by atoms with E-state index in [0.717, 1.165) is 34.3 Å². The molecule has 11 nitrogen and oxygen atoms in total. The van der Waals surface area contributed by atoms with Crippen LogP contribution in [-0.2, 0) is 24.1 Å². The molecule has 0 unspecified atom stereocenters. The van der Waals surface area contributed by atoms with Crippen LogP contribution in [0.5, 0.6) is 0 Å². The lowest BCUT2D eigenvalue weighted by Gasteiger charge is -2.19. The molecule has 6 aromatic rings. The summed E-state index contributed by atoms with van der Waals surface area (Å²) in [6, 6.07) is 46.1. The van der Waals surface area contributed by atoms with Crippen LogP contribution in [0.1, 0.15) is 63.7 Å². The topological polar surface area (TPSA) is 166 Å². The van der Waals surface area contributed by atoms with Gasteiger partial charge in [-0.2, -0.15) is 5.90 Å². The second kappa shape index (κ2) is 21.2. The number of hydrogen-bond acceptors (Lipinski definition) is 9. The number of amides is 3. The molecule has 5 N–H and O–H groups in total. The molecular weight excluding hydrogens is 797 g/mol. The molecule has 0 atom stereocenters. The van der Waals surface area contributed by atoms with Crippen LogP contribution in [0, 0.1) is 29.1 Å². The van der Waals surface area contributed by atoms with Crippen molar-refractivity contribution in [2.45, 2.75) is 30.6 Å². The number of carbonyl (C=O) groups is 3. The zero-order chi connectivity index (χ0) is 43.0. The number of hydrogen-bond donors (Lipinski definition) is 4. The van der Waals surface area contributed by atoms with E-state index in [-0.39, 0.29) is 16.5 Å². The predicted octanol–water partition coefficient (Wildman–Crippen LogP) is 8.36. The number of para-hydroxylation sites is 2. The van der Waals surface area contributed by atoms with Crippen molar-refractivity contribution in [1.29, 1.82) is 0 Å².